The van der Waals surface area contributed by atoms with Gasteiger partial charge >= 0.3 is 0 Å². The van der Waals surface area contributed by atoms with Crippen LogP contribution >= 0.6 is 0 Å². The van der Waals surface area contributed by atoms with E-state index in [4.69, 9.17) is 4.74 Å². The van der Waals surface area contributed by atoms with Gasteiger partial charge in [0.15, 0.2) is 0 Å². The minimum atomic E-state index is 0.563. The Labute approximate surface area is 136 Å². The van der Waals surface area contributed by atoms with Crippen LogP contribution in [0, 0.1) is 0 Å². The molecule has 0 unspecified atom stereocenters. The zero-order valence-electron chi connectivity index (χ0n) is 12.9. The van der Waals surface area contributed by atoms with Crippen LogP contribution in [0.2, 0.25) is 0 Å². The molecule has 3 rings (SSSR count). The SMILES string of the molecule is c1ccc(NNCc2ccccc2COc2ccccc2)cc1. The monoisotopic (exact) mass is 304 g/mol. The summed E-state index contributed by atoms with van der Waals surface area (Å²) >= 11 is 0. The molecule has 0 saturated carbocycles. The molecule has 116 valence electrons. The molecule has 0 aliphatic heterocycles. The highest BCUT2D eigenvalue weighted by Crippen LogP contribution is 2.14. The minimum absolute atomic E-state index is 0.563. The van der Waals surface area contributed by atoms with Gasteiger partial charge in [-0.05, 0) is 35.4 Å². The maximum atomic E-state index is 5.85. The molecule has 0 aliphatic rings. The third kappa shape index (κ3) is 4.59. The van der Waals surface area contributed by atoms with Gasteiger partial charge in [0.2, 0.25) is 0 Å². The third-order valence-corrected chi connectivity index (χ3v) is 3.54. The molecule has 3 aromatic carbocycles. The van der Waals surface area contributed by atoms with Crippen LogP contribution in [0.5, 0.6) is 5.75 Å². The van der Waals surface area contributed by atoms with E-state index in [2.05, 4.69) is 23.0 Å². The van der Waals surface area contributed by atoms with Crippen molar-refractivity contribution >= 4 is 5.69 Å². The van der Waals surface area contributed by atoms with Crippen LogP contribution in [0.25, 0.3) is 0 Å². The zero-order chi connectivity index (χ0) is 15.7. The lowest BCUT2D eigenvalue weighted by Crippen LogP contribution is -2.21. The molecule has 3 heteroatoms. The first kappa shape index (κ1) is 15.1. The first-order valence-corrected chi connectivity index (χ1v) is 7.70. The summed E-state index contributed by atoms with van der Waals surface area (Å²) in [4.78, 5) is 0. The average molecular weight is 304 g/mol. The highest BCUT2D eigenvalue weighted by molar-refractivity contribution is 5.41. The van der Waals surface area contributed by atoms with E-state index in [9.17, 15) is 0 Å². The van der Waals surface area contributed by atoms with Crippen LogP contribution in [0.3, 0.4) is 0 Å². The second kappa shape index (κ2) is 8.01. The van der Waals surface area contributed by atoms with Gasteiger partial charge in [-0.1, -0.05) is 60.7 Å². The highest BCUT2D eigenvalue weighted by atomic mass is 16.5. The van der Waals surface area contributed by atoms with Crippen molar-refractivity contribution in [3.63, 3.8) is 0 Å². The Morgan fingerprint density at radius 3 is 2.00 bits per heavy atom. The highest BCUT2D eigenvalue weighted by Gasteiger charge is 2.02. The van der Waals surface area contributed by atoms with Crippen LogP contribution in [0.1, 0.15) is 11.1 Å². The maximum absolute atomic E-state index is 5.85. The predicted molar refractivity (Wildman–Crippen MR) is 94.1 cm³/mol. The number of nitrogens with one attached hydrogen (secondary N) is 2. The molecular formula is C20H20N2O. The van der Waals surface area contributed by atoms with Crippen molar-refractivity contribution in [1.82, 2.24) is 5.43 Å². The number of hydrazine groups is 1. The molecule has 3 nitrogen and oxygen atoms in total. The lowest BCUT2D eigenvalue weighted by molar-refractivity contribution is 0.305. The van der Waals surface area contributed by atoms with E-state index < -0.39 is 0 Å². The molecule has 0 radical (unpaired) electrons. The third-order valence-electron chi connectivity index (χ3n) is 3.54. The van der Waals surface area contributed by atoms with E-state index in [1.807, 2.05) is 72.8 Å². The van der Waals surface area contributed by atoms with E-state index in [-0.39, 0.29) is 0 Å². The lowest BCUT2D eigenvalue weighted by atomic mass is 10.1. The van der Waals surface area contributed by atoms with Gasteiger partial charge in [-0.15, -0.1) is 0 Å². The molecule has 0 saturated heterocycles. The van der Waals surface area contributed by atoms with Crippen molar-refractivity contribution in [2.45, 2.75) is 13.2 Å². The van der Waals surface area contributed by atoms with Gasteiger partial charge in [-0.2, -0.15) is 0 Å². The quantitative estimate of drug-likeness (QED) is 0.635. The number of para-hydroxylation sites is 2. The Hall–Kier alpha value is -2.78. The van der Waals surface area contributed by atoms with Crippen LogP contribution in [0.15, 0.2) is 84.9 Å². The largest absolute Gasteiger partial charge is 0.489 e. The van der Waals surface area contributed by atoms with Gasteiger partial charge in [0, 0.05) is 12.2 Å². The van der Waals surface area contributed by atoms with E-state index in [0.29, 0.717) is 6.61 Å². The van der Waals surface area contributed by atoms with Gasteiger partial charge in [0.25, 0.3) is 0 Å². The minimum Gasteiger partial charge on any atom is -0.489 e. The predicted octanol–water partition coefficient (Wildman–Crippen LogP) is 4.38. The summed E-state index contributed by atoms with van der Waals surface area (Å²) in [6.45, 7) is 1.29. The van der Waals surface area contributed by atoms with Crippen molar-refractivity contribution in [1.29, 1.82) is 0 Å². The van der Waals surface area contributed by atoms with Gasteiger partial charge in [0.05, 0.1) is 0 Å². The van der Waals surface area contributed by atoms with Crippen LogP contribution in [-0.2, 0) is 13.2 Å². The fourth-order valence-corrected chi connectivity index (χ4v) is 2.31. The van der Waals surface area contributed by atoms with E-state index in [0.717, 1.165) is 18.0 Å². The molecular weight excluding hydrogens is 284 g/mol. The van der Waals surface area contributed by atoms with Gasteiger partial charge in [-0.3, -0.25) is 0 Å². The number of benzene rings is 3. The van der Waals surface area contributed by atoms with E-state index >= 15 is 0 Å². The normalized spacial score (nSPS) is 10.3. The second-order valence-corrected chi connectivity index (χ2v) is 5.22. The smallest absolute Gasteiger partial charge is 0.119 e. The molecule has 0 aromatic heterocycles. The Morgan fingerprint density at radius 2 is 1.26 bits per heavy atom. The molecule has 0 amide bonds. The van der Waals surface area contributed by atoms with Gasteiger partial charge < -0.3 is 10.2 Å². The van der Waals surface area contributed by atoms with Crippen LogP contribution in [0.4, 0.5) is 5.69 Å². The number of hydrogen-bond donors (Lipinski definition) is 2. The number of rotatable bonds is 7. The van der Waals surface area contributed by atoms with Gasteiger partial charge in [-0.25, -0.2) is 5.43 Å². The van der Waals surface area contributed by atoms with Gasteiger partial charge in [0.1, 0.15) is 12.4 Å². The summed E-state index contributed by atoms with van der Waals surface area (Å²) in [6, 6.07) is 28.2. The number of hydrogen-bond acceptors (Lipinski definition) is 3. The first-order valence-electron chi connectivity index (χ1n) is 7.70. The number of ether oxygens (including phenoxy) is 1. The average Bonchev–Trinajstić information content (AvgIpc) is 2.63. The standard InChI is InChI=1S/C20H20N2O/c1-3-11-19(12-4-1)22-21-15-17-9-7-8-10-18(17)16-23-20-13-5-2-6-14-20/h1-14,21-22H,15-16H2. The summed E-state index contributed by atoms with van der Waals surface area (Å²) in [5.74, 6) is 0.887. The lowest BCUT2D eigenvalue weighted by Gasteiger charge is -2.13. The fraction of sp³-hybridized carbons (Fsp3) is 0.100. The fourth-order valence-electron chi connectivity index (χ4n) is 2.31. The Kier molecular flexibility index (Phi) is 5.27. The number of anilines is 1. The molecule has 23 heavy (non-hydrogen) atoms. The Morgan fingerprint density at radius 1 is 0.652 bits per heavy atom. The zero-order valence-corrected chi connectivity index (χ0v) is 12.9. The molecule has 0 aliphatic carbocycles. The summed E-state index contributed by atoms with van der Waals surface area (Å²) < 4.78 is 5.85. The van der Waals surface area contributed by atoms with E-state index in [1.165, 1.54) is 11.1 Å². The van der Waals surface area contributed by atoms with Crippen LogP contribution < -0.4 is 15.6 Å². The van der Waals surface area contributed by atoms with Crippen molar-refractivity contribution < 1.29 is 4.74 Å². The summed E-state index contributed by atoms with van der Waals surface area (Å²) in [7, 11) is 0. The molecule has 2 N–H and O–H groups in total. The second-order valence-electron chi connectivity index (χ2n) is 5.22. The Bertz CT molecular complexity index is 714. The summed E-state index contributed by atoms with van der Waals surface area (Å²) in [5, 5.41) is 0. The molecule has 0 bridgehead atoms. The Balaban J connectivity index is 1.57. The molecule has 3 aromatic rings. The topological polar surface area (TPSA) is 33.3 Å². The molecule has 0 heterocycles. The summed E-state index contributed by atoms with van der Waals surface area (Å²) in [5.41, 5.74) is 9.90. The van der Waals surface area contributed by atoms with Crippen molar-refractivity contribution in [2.75, 3.05) is 5.43 Å². The molecule has 0 atom stereocenters. The summed E-state index contributed by atoms with van der Waals surface area (Å²) in [6.07, 6.45) is 0. The van der Waals surface area contributed by atoms with Crippen LogP contribution in [-0.4, -0.2) is 0 Å². The molecule has 0 fully saturated rings. The van der Waals surface area contributed by atoms with Crippen molar-refractivity contribution in [3.8, 4) is 5.75 Å². The molecule has 0 spiro atoms. The van der Waals surface area contributed by atoms with Crippen molar-refractivity contribution in [2.24, 2.45) is 0 Å². The maximum Gasteiger partial charge on any atom is 0.119 e. The first-order chi connectivity index (χ1) is 11.4. The van der Waals surface area contributed by atoms with Crippen molar-refractivity contribution in [3.05, 3.63) is 96.1 Å². The van der Waals surface area contributed by atoms with E-state index in [1.54, 1.807) is 0 Å².